The number of benzene rings is 2. The fourth-order valence-electron chi connectivity index (χ4n) is 2.10. The summed E-state index contributed by atoms with van der Waals surface area (Å²) in [5.41, 5.74) is 1.14. The Morgan fingerprint density at radius 3 is 2.33 bits per heavy atom. The Hall–Kier alpha value is -2.47. The standard InChI is InChI=1S/C18H18O5S/c1-3-23-18(21)15-9-8-14(11-16(15)22-2)24-13-6-4-12(5-7-13)10-17(19)20/h4-9,11H,3,10H2,1-2H3,(H,19,20). The van der Waals surface area contributed by atoms with Crippen LogP contribution in [0.15, 0.2) is 52.3 Å². The number of carbonyl (C=O) groups excluding carboxylic acids is 1. The van der Waals surface area contributed by atoms with Crippen LogP contribution in [-0.4, -0.2) is 30.8 Å². The van der Waals surface area contributed by atoms with E-state index in [0.717, 1.165) is 15.4 Å². The second-order valence-corrected chi connectivity index (χ2v) is 6.05. The van der Waals surface area contributed by atoms with Gasteiger partial charge in [0.25, 0.3) is 0 Å². The Balaban J connectivity index is 2.15. The third-order valence-electron chi connectivity index (χ3n) is 3.18. The maximum absolute atomic E-state index is 11.9. The van der Waals surface area contributed by atoms with Crippen molar-refractivity contribution in [3.63, 3.8) is 0 Å². The number of carboxylic acids is 1. The fourth-order valence-corrected chi connectivity index (χ4v) is 2.94. The lowest BCUT2D eigenvalue weighted by Crippen LogP contribution is -2.06. The number of rotatable bonds is 7. The van der Waals surface area contributed by atoms with Crippen LogP contribution in [0.3, 0.4) is 0 Å². The number of ether oxygens (including phenoxy) is 2. The second kappa shape index (κ2) is 8.40. The van der Waals surface area contributed by atoms with Gasteiger partial charge in [-0.25, -0.2) is 4.79 Å². The second-order valence-electron chi connectivity index (χ2n) is 4.90. The van der Waals surface area contributed by atoms with Gasteiger partial charge in [0.15, 0.2) is 0 Å². The maximum atomic E-state index is 11.9. The highest BCUT2D eigenvalue weighted by molar-refractivity contribution is 7.99. The molecule has 0 fully saturated rings. The van der Waals surface area contributed by atoms with Gasteiger partial charge in [0.1, 0.15) is 11.3 Å². The smallest absolute Gasteiger partial charge is 0.341 e. The molecule has 0 amide bonds. The molecule has 2 rings (SSSR count). The maximum Gasteiger partial charge on any atom is 0.341 e. The third-order valence-corrected chi connectivity index (χ3v) is 4.18. The van der Waals surface area contributed by atoms with E-state index in [4.69, 9.17) is 14.6 Å². The highest BCUT2D eigenvalue weighted by Gasteiger charge is 2.14. The van der Waals surface area contributed by atoms with Gasteiger partial charge < -0.3 is 14.6 Å². The Morgan fingerprint density at radius 2 is 1.75 bits per heavy atom. The quantitative estimate of drug-likeness (QED) is 0.772. The SMILES string of the molecule is CCOC(=O)c1ccc(Sc2ccc(CC(=O)O)cc2)cc1OC. The topological polar surface area (TPSA) is 72.8 Å². The molecule has 0 aliphatic heterocycles. The van der Waals surface area contributed by atoms with Crippen molar-refractivity contribution < 1.29 is 24.2 Å². The zero-order valence-corrected chi connectivity index (χ0v) is 14.3. The highest BCUT2D eigenvalue weighted by atomic mass is 32.2. The average molecular weight is 346 g/mol. The van der Waals surface area contributed by atoms with Crippen molar-refractivity contribution in [3.8, 4) is 5.75 Å². The molecule has 5 nitrogen and oxygen atoms in total. The molecule has 0 heterocycles. The Bertz CT molecular complexity index is 725. The number of esters is 1. The Morgan fingerprint density at radius 1 is 1.08 bits per heavy atom. The zero-order chi connectivity index (χ0) is 17.5. The van der Waals surface area contributed by atoms with Crippen LogP contribution < -0.4 is 4.74 Å². The van der Waals surface area contributed by atoms with Crippen LogP contribution in [0.5, 0.6) is 5.75 Å². The lowest BCUT2D eigenvalue weighted by molar-refractivity contribution is -0.136. The first-order valence-corrected chi connectivity index (χ1v) is 8.19. The van der Waals surface area contributed by atoms with Crippen molar-refractivity contribution in [2.24, 2.45) is 0 Å². The van der Waals surface area contributed by atoms with E-state index in [1.165, 1.54) is 18.9 Å². The molecule has 6 heteroatoms. The van der Waals surface area contributed by atoms with Gasteiger partial charge in [0.2, 0.25) is 0 Å². The largest absolute Gasteiger partial charge is 0.496 e. The van der Waals surface area contributed by atoms with Gasteiger partial charge in [0, 0.05) is 9.79 Å². The Labute approximate surface area is 144 Å². The van der Waals surface area contributed by atoms with Gasteiger partial charge in [-0.15, -0.1) is 0 Å². The van der Waals surface area contributed by atoms with Crippen LogP contribution >= 0.6 is 11.8 Å². The summed E-state index contributed by atoms with van der Waals surface area (Å²) in [5, 5.41) is 8.78. The number of methoxy groups -OCH3 is 1. The summed E-state index contributed by atoms with van der Waals surface area (Å²) in [7, 11) is 1.51. The molecule has 0 atom stereocenters. The molecule has 0 aromatic heterocycles. The molecule has 2 aromatic carbocycles. The van der Waals surface area contributed by atoms with E-state index in [9.17, 15) is 9.59 Å². The molecule has 0 unspecified atom stereocenters. The predicted molar refractivity (Wildman–Crippen MR) is 90.9 cm³/mol. The van der Waals surface area contributed by atoms with Crippen molar-refractivity contribution >= 4 is 23.7 Å². The van der Waals surface area contributed by atoms with Gasteiger partial charge in [-0.05, 0) is 42.8 Å². The molecule has 0 saturated carbocycles. The van der Waals surface area contributed by atoms with Crippen molar-refractivity contribution in [2.75, 3.05) is 13.7 Å². The summed E-state index contributed by atoms with van der Waals surface area (Å²) in [5.74, 6) is -0.806. The summed E-state index contributed by atoms with van der Waals surface area (Å²) in [6, 6.07) is 12.6. The molecule has 0 bridgehead atoms. The van der Waals surface area contributed by atoms with Gasteiger partial charge in [0.05, 0.1) is 20.1 Å². The van der Waals surface area contributed by atoms with Crippen molar-refractivity contribution in [2.45, 2.75) is 23.1 Å². The van der Waals surface area contributed by atoms with Crippen molar-refractivity contribution in [1.29, 1.82) is 0 Å². The first-order valence-electron chi connectivity index (χ1n) is 7.37. The number of aliphatic carboxylic acids is 1. The predicted octanol–water partition coefficient (Wildman–Crippen LogP) is 3.65. The van der Waals surface area contributed by atoms with Crippen LogP contribution in [-0.2, 0) is 16.0 Å². The summed E-state index contributed by atoms with van der Waals surface area (Å²) >= 11 is 1.50. The van der Waals surface area contributed by atoms with Crippen molar-refractivity contribution in [3.05, 3.63) is 53.6 Å². The highest BCUT2D eigenvalue weighted by Crippen LogP contribution is 2.32. The molecule has 24 heavy (non-hydrogen) atoms. The summed E-state index contributed by atoms with van der Waals surface area (Å²) in [6.07, 6.45) is 0.00695. The van der Waals surface area contributed by atoms with E-state index >= 15 is 0 Å². The van der Waals surface area contributed by atoms with Crippen LogP contribution in [0.4, 0.5) is 0 Å². The minimum Gasteiger partial charge on any atom is -0.496 e. The first kappa shape index (κ1) is 17.9. The third kappa shape index (κ3) is 4.76. The molecule has 2 aromatic rings. The van der Waals surface area contributed by atoms with E-state index in [2.05, 4.69) is 0 Å². The van der Waals surface area contributed by atoms with E-state index in [1.54, 1.807) is 31.2 Å². The van der Waals surface area contributed by atoms with Gasteiger partial charge in [-0.1, -0.05) is 23.9 Å². The molecular formula is C18H18O5S. The van der Waals surface area contributed by atoms with Gasteiger partial charge >= 0.3 is 11.9 Å². The lowest BCUT2D eigenvalue weighted by Gasteiger charge is -2.10. The summed E-state index contributed by atoms with van der Waals surface area (Å²) in [6.45, 7) is 2.06. The van der Waals surface area contributed by atoms with Gasteiger partial charge in [-0.2, -0.15) is 0 Å². The van der Waals surface area contributed by atoms with Crippen molar-refractivity contribution in [1.82, 2.24) is 0 Å². The van der Waals surface area contributed by atoms with Crippen LogP contribution in [0.2, 0.25) is 0 Å². The fraction of sp³-hybridized carbons (Fsp3) is 0.222. The number of hydrogen-bond acceptors (Lipinski definition) is 5. The van der Waals surface area contributed by atoms with E-state index < -0.39 is 11.9 Å². The molecule has 126 valence electrons. The van der Waals surface area contributed by atoms with Crippen LogP contribution in [0, 0.1) is 0 Å². The normalized spacial score (nSPS) is 10.2. The molecule has 0 radical (unpaired) electrons. The van der Waals surface area contributed by atoms with E-state index in [0.29, 0.717) is 17.9 Å². The van der Waals surface area contributed by atoms with E-state index in [1.807, 2.05) is 18.2 Å². The monoisotopic (exact) mass is 346 g/mol. The minimum atomic E-state index is -0.852. The van der Waals surface area contributed by atoms with Gasteiger partial charge in [-0.3, -0.25) is 4.79 Å². The molecule has 0 spiro atoms. The lowest BCUT2D eigenvalue weighted by atomic mass is 10.2. The number of hydrogen-bond donors (Lipinski definition) is 1. The van der Waals surface area contributed by atoms with E-state index in [-0.39, 0.29) is 6.42 Å². The molecular weight excluding hydrogens is 328 g/mol. The zero-order valence-electron chi connectivity index (χ0n) is 13.4. The number of carboxylic acid groups (broad SMARTS) is 1. The minimum absolute atomic E-state index is 0.00695. The first-order chi connectivity index (χ1) is 11.5. The average Bonchev–Trinajstić information content (AvgIpc) is 2.56. The molecule has 1 N–H and O–H groups in total. The summed E-state index contributed by atoms with van der Waals surface area (Å²) < 4.78 is 10.3. The molecule has 0 saturated heterocycles. The molecule has 0 aliphatic rings. The van der Waals surface area contributed by atoms with Crippen LogP contribution in [0.1, 0.15) is 22.8 Å². The Kier molecular flexibility index (Phi) is 6.26. The summed E-state index contributed by atoms with van der Waals surface area (Å²) in [4.78, 5) is 24.4. The van der Waals surface area contributed by atoms with Crippen LogP contribution in [0.25, 0.3) is 0 Å². The molecule has 0 aliphatic carbocycles. The number of carbonyl (C=O) groups is 2.